The van der Waals surface area contributed by atoms with Crippen LogP contribution >= 0.6 is 12.2 Å². The molecule has 1 atom stereocenters. The van der Waals surface area contributed by atoms with Crippen LogP contribution in [0.1, 0.15) is 39.2 Å². The van der Waals surface area contributed by atoms with Crippen molar-refractivity contribution in [2.45, 2.75) is 44.0 Å². The molecule has 1 aromatic heterocycles. The number of para-hydroxylation sites is 1. The van der Waals surface area contributed by atoms with E-state index < -0.39 is 9.84 Å². The molecule has 1 aromatic carbocycles. The Morgan fingerprint density at radius 1 is 1.35 bits per heavy atom. The molecule has 0 amide bonds. The van der Waals surface area contributed by atoms with Gasteiger partial charge < -0.3 is 9.55 Å². The second-order valence-electron chi connectivity index (χ2n) is 5.07. The van der Waals surface area contributed by atoms with Gasteiger partial charge in [-0.1, -0.05) is 26.3 Å². The van der Waals surface area contributed by atoms with Gasteiger partial charge in [0.2, 0.25) is 0 Å². The Balaban J connectivity index is 2.76. The van der Waals surface area contributed by atoms with Gasteiger partial charge in [0.1, 0.15) is 0 Å². The van der Waals surface area contributed by atoms with Crippen molar-refractivity contribution in [3.05, 3.63) is 23.0 Å². The maximum absolute atomic E-state index is 11.9. The topological polar surface area (TPSA) is 54.9 Å². The van der Waals surface area contributed by atoms with E-state index >= 15 is 0 Å². The highest BCUT2D eigenvalue weighted by Crippen LogP contribution is 2.28. The number of H-pyrrole nitrogens is 1. The van der Waals surface area contributed by atoms with E-state index in [4.69, 9.17) is 12.2 Å². The predicted molar refractivity (Wildman–Crippen MR) is 84.5 cm³/mol. The molecule has 0 aliphatic heterocycles. The minimum atomic E-state index is -3.27. The summed E-state index contributed by atoms with van der Waals surface area (Å²) in [4.78, 5) is 3.39. The Bertz CT molecular complexity index is 772. The predicted octanol–water partition coefficient (Wildman–Crippen LogP) is 3.85. The molecule has 0 fully saturated rings. The van der Waals surface area contributed by atoms with Gasteiger partial charge in [-0.3, -0.25) is 0 Å². The van der Waals surface area contributed by atoms with Crippen LogP contribution in [0.4, 0.5) is 0 Å². The lowest BCUT2D eigenvalue weighted by atomic mass is 10.1. The number of hydrogen-bond acceptors (Lipinski definition) is 3. The molecule has 0 radical (unpaired) electrons. The molecule has 0 aliphatic carbocycles. The molecule has 6 heteroatoms. The lowest BCUT2D eigenvalue weighted by molar-refractivity contribution is 0.454. The molecule has 0 aliphatic rings. The first kappa shape index (κ1) is 15.3. The fraction of sp³-hybridized carbons (Fsp3) is 0.500. The monoisotopic (exact) mass is 312 g/mol. The zero-order valence-corrected chi connectivity index (χ0v) is 13.6. The molecule has 1 unspecified atom stereocenters. The van der Waals surface area contributed by atoms with Crippen LogP contribution in [0.25, 0.3) is 11.0 Å². The number of sulfone groups is 1. The summed E-state index contributed by atoms with van der Waals surface area (Å²) in [5.74, 6) is 0. The van der Waals surface area contributed by atoms with Gasteiger partial charge in [-0.25, -0.2) is 8.42 Å². The third-order valence-corrected chi connectivity index (χ3v) is 5.01. The van der Waals surface area contributed by atoms with Gasteiger partial charge in [-0.2, -0.15) is 0 Å². The Labute approximate surface area is 124 Å². The highest BCUT2D eigenvalue weighted by atomic mass is 32.2. The Kier molecular flexibility index (Phi) is 4.34. The minimum absolute atomic E-state index is 0.302. The molecule has 110 valence electrons. The summed E-state index contributed by atoms with van der Waals surface area (Å²) < 4.78 is 26.4. The summed E-state index contributed by atoms with van der Waals surface area (Å²) in [6, 6.07) is 5.62. The zero-order valence-electron chi connectivity index (χ0n) is 12.0. The molecule has 1 heterocycles. The van der Waals surface area contributed by atoms with Crippen LogP contribution < -0.4 is 0 Å². The van der Waals surface area contributed by atoms with E-state index in [-0.39, 0.29) is 0 Å². The van der Waals surface area contributed by atoms with Gasteiger partial charge in [0, 0.05) is 12.3 Å². The number of fused-ring (bicyclic) bond motifs is 1. The molecule has 2 rings (SSSR count). The smallest absolute Gasteiger partial charge is 0.178 e. The third kappa shape index (κ3) is 2.67. The maximum atomic E-state index is 11.9. The molecule has 4 nitrogen and oxygen atoms in total. The molecule has 20 heavy (non-hydrogen) atoms. The number of nitrogens with zero attached hydrogens (tertiary/aromatic N) is 1. The Morgan fingerprint density at radius 2 is 2.05 bits per heavy atom. The van der Waals surface area contributed by atoms with Gasteiger partial charge in [-0.15, -0.1) is 0 Å². The second kappa shape index (κ2) is 5.69. The summed E-state index contributed by atoms with van der Waals surface area (Å²) >= 11 is 5.40. The first-order valence-electron chi connectivity index (χ1n) is 6.83. The lowest BCUT2D eigenvalue weighted by Crippen LogP contribution is -2.08. The van der Waals surface area contributed by atoms with Crippen LogP contribution in [0.15, 0.2) is 23.1 Å². The summed E-state index contributed by atoms with van der Waals surface area (Å²) in [6.07, 6.45) is 4.29. The van der Waals surface area contributed by atoms with Crippen LogP contribution in [0.2, 0.25) is 0 Å². The van der Waals surface area contributed by atoms with Crippen molar-refractivity contribution in [2.75, 3.05) is 6.26 Å². The Morgan fingerprint density at radius 3 is 2.60 bits per heavy atom. The Hall–Kier alpha value is -1.14. The number of benzene rings is 1. The third-order valence-electron chi connectivity index (χ3n) is 3.57. The second-order valence-corrected chi connectivity index (χ2v) is 7.44. The van der Waals surface area contributed by atoms with Gasteiger partial charge in [0.15, 0.2) is 14.6 Å². The van der Waals surface area contributed by atoms with Gasteiger partial charge in [-0.05, 0) is 37.2 Å². The highest BCUT2D eigenvalue weighted by molar-refractivity contribution is 7.91. The molecule has 2 aromatic rings. The zero-order chi connectivity index (χ0) is 14.9. The number of aromatic amines is 1. The average molecular weight is 312 g/mol. The van der Waals surface area contributed by atoms with Crippen LogP contribution in [0.3, 0.4) is 0 Å². The van der Waals surface area contributed by atoms with E-state index in [0.29, 0.717) is 21.2 Å². The maximum Gasteiger partial charge on any atom is 0.178 e. The largest absolute Gasteiger partial charge is 0.329 e. The standard InChI is InChI=1S/C14H20N2O2S2/c1-4-7-10(5-2)16-11-8-6-9-12(20(3,17)18)13(11)15-14(16)19/h6,8-10H,4-5,7H2,1-3H3,(H,15,19). The van der Waals surface area contributed by atoms with Crippen molar-refractivity contribution in [3.8, 4) is 0 Å². The van der Waals surface area contributed by atoms with E-state index in [2.05, 4.69) is 23.4 Å². The van der Waals surface area contributed by atoms with Crippen molar-refractivity contribution in [1.29, 1.82) is 0 Å². The highest BCUT2D eigenvalue weighted by Gasteiger charge is 2.18. The molecular formula is C14H20N2O2S2. The quantitative estimate of drug-likeness (QED) is 0.853. The van der Waals surface area contributed by atoms with E-state index in [9.17, 15) is 8.42 Å². The molecule has 0 saturated heterocycles. The van der Waals surface area contributed by atoms with Crippen molar-refractivity contribution >= 4 is 33.1 Å². The van der Waals surface area contributed by atoms with Gasteiger partial charge in [0.05, 0.1) is 15.9 Å². The number of nitrogens with one attached hydrogen (secondary N) is 1. The van der Waals surface area contributed by atoms with Crippen molar-refractivity contribution in [1.82, 2.24) is 9.55 Å². The van der Waals surface area contributed by atoms with Crippen LogP contribution in [0.5, 0.6) is 0 Å². The molecule has 0 spiro atoms. The number of aromatic nitrogens is 2. The van der Waals surface area contributed by atoms with Crippen molar-refractivity contribution in [3.63, 3.8) is 0 Å². The van der Waals surface area contributed by atoms with Crippen LogP contribution in [0, 0.1) is 4.77 Å². The number of hydrogen-bond donors (Lipinski definition) is 1. The fourth-order valence-corrected chi connectivity index (χ4v) is 3.84. The van der Waals surface area contributed by atoms with Crippen molar-refractivity contribution in [2.24, 2.45) is 0 Å². The minimum Gasteiger partial charge on any atom is -0.329 e. The first-order valence-corrected chi connectivity index (χ1v) is 9.13. The molecular weight excluding hydrogens is 292 g/mol. The van der Waals surface area contributed by atoms with Crippen LogP contribution in [-0.2, 0) is 9.84 Å². The van der Waals surface area contributed by atoms with Crippen LogP contribution in [-0.4, -0.2) is 24.2 Å². The molecule has 0 bridgehead atoms. The summed E-state index contributed by atoms with van der Waals surface area (Å²) in [5.41, 5.74) is 1.49. The molecule has 0 saturated carbocycles. The molecule has 1 N–H and O–H groups in total. The van der Waals surface area contributed by atoms with Crippen molar-refractivity contribution < 1.29 is 8.42 Å². The fourth-order valence-electron chi connectivity index (χ4n) is 2.64. The summed E-state index contributed by atoms with van der Waals surface area (Å²) in [6.45, 7) is 4.27. The SMILES string of the molecule is CCCC(CC)n1c(=S)[nH]c2c(S(C)(=O)=O)cccc21. The van der Waals surface area contributed by atoms with E-state index in [1.165, 1.54) is 6.26 Å². The summed E-state index contributed by atoms with van der Waals surface area (Å²) in [7, 11) is -3.27. The average Bonchev–Trinajstić information content (AvgIpc) is 2.70. The number of imidazole rings is 1. The van der Waals surface area contributed by atoms with E-state index in [1.807, 2.05) is 6.07 Å². The normalized spacial score (nSPS) is 13.8. The van der Waals surface area contributed by atoms with Gasteiger partial charge in [0.25, 0.3) is 0 Å². The first-order chi connectivity index (χ1) is 9.40. The summed E-state index contributed by atoms with van der Waals surface area (Å²) in [5, 5.41) is 0. The lowest BCUT2D eigenvalue weighted by Gasteiger charge is -2.17. The van der Waals surface area contributed by atoms with Gasteiger partial charge >= 0.3 is 0 Å². The number of rotatable bonds is 5. The van der Waals surface area contributed by atoms with E-state index in [1.54, 1.807) is 12.1 Å². The van der Waals surface area contributed by atoms with E-state index in [0.717, 1.165) is 24.8 Å².